The van der Waals surface area contributed by atoms with E-state index in [1.807, 2.05) is 55.5 Å². The summed E-state index contributed by atoms with van der Waals surface area (Å²) in [6.45, 7) is 2.01. The first-order valence-electron chi connectivity index (χ1n) is 6.98. The zero-order valence-corrected chi connectivity index (χ0v) is 12.8. The number of benzene rings is 2. The molecule has 0 aliphatic rings. The van der Waals surface area contributed by atoms with E-state index in [9.17, 15) is 4.79 Å². The van der Waals surface area contributed by atoms with Gasteiger partial charge < -0.3 is 0 Å². The number of hydrogen-bond acceptors (Lipinski definition) is 3. The minimum atomic E-state index is 0.209. The fourth-order valence-corrected chi connectivity index (χ4v) is 2.80. The molecule has 0 aliphatic carbocycles. The molecule has 0 N–H and O–H groups in total. The van der Waals surface area contributed by atoms with Crippen LogP contribution in [0.1, 0.15) is 41.3 Å². The maximum atomic E-state index is 11.8. The molecular weight excluding hydrogens is 278 g/mol. The van der Waals surface area contributed by atoms with Crippen LogP contribution in [0.25, 0.3) is 0 Å². The molecule has 106 valence electrons. The molecule has 2 rings (SSSR count). The van der Waals surface area contributed by atoms with Crippen LogP contribution in [0, 0.1) is 11.3 Å². The summed E-state index contributed by atoms with van der Waals surface area (Å²) in [5, 5.41) is 8.76. The SMILES string of the molecule is CCCC(=O)c1ccc(SCc2ccc(C#N)cc2)cc1. The highest BCUT2D eigenvalue weighted by molar-refractivity contribution is 7.98. The third-order valence-corrected chi connectivity index (χ3v) is 4.23. The highest BCUT2D eigenvalue weighted by Gasteiger charge is 2.04. The van der Waals surface area contributed by atoms with Crippen LogP contribution in [0.15, 0.2) is 53.4 Å². The van der Waals surface area contributed by atoms with Gasteiger partial charge in [0.15, 0.2) is 5.78 Å². The van der Waals surface area contributed by atoms with Crippen molar-refractivity contribution in [2.45, 2.75) is 30.4 Å². The topological polar surface area (TPSA) is 40.9 Å². The monoisotopic (exact) mass is 295 g/mol. The van der Waals surface area contributed by atoms with Gasteiger partial charge in [-0.25, -0.2) is 0 Å². The van der Waals surface area contributed by atoms with Crippen LogP contribution in [0.4, 0.5) is 0 Å². The van der Waals surface area contributed by atoms with Crippen molar-refractivity contribution in [2.24, 2.45) is 0 Å². The van der Waals surface area contributed by atoms with Crippen LogP contribution < -0.4 is 0 Å². The molecule has 0 saturated carbocycles. The summed E-state index contributed by atoms with van der Waals surface area (Å²) >= 11 is 1.73. The zero-order valence-electron chi connectivity index (χ0n) is 12.0. The summed E-state index contributed by atoms with van der Waals surface area (Å²) in [5.74, 6) is 1.06. The van der Waals surface area contributed by atoms with Crippen molar-refractivity contribution in [1.29, 1.82) is 5.26 Å². The lowest BCUT2D eigenvalue weighted by Gasteiger charge is -2.04. The first-order valence-corrected chi connectivity index (χ1v) is 7.96. The van der Waals surface area contributed by atoms with Crippen LogP contribution in [0.3, 0.4) is 0 Å². The molecule has 0 unspecified atom stereocenters. The molecule has 0 fully saturated rings. The first kappa shape index (κ1) is 15.3. The predicted molar refractivity (Wildman–Crippen MR) is 86.4 cm³/mol. The number of hydrogen-bond donors (Lipinski definition) is 0. The highest BCUT2D eigenvalue weighted by Crippen LogP contribution is 2.23. The van der Waals surface area contributed by atoms with Crippen molar-refractivity contribution < 1.29 is 4.79 Å². The summed E-state index contributed by atoms with van der Waals surface area (Å²) < 4.78 is 0. The van der Waals surface area contributed by atoms with Gasteiger partial charge in [0.05, 0.1) is 11.6 Å². The Bertz CT molecular complexity index is 638. The number of Topliss-reactive ketones (excluding diaryl/α,β-unsaturated/α-hetero) is 1. The van der Waals surface area contributed by atoms with E-state index in [0.29, 0.717) is 12.0 Å². The number of nitriles is 1. The van der Waals surface area contributed by atoms with Gasteiger partial charge in [0.25, 0.3) is 0 Å². The maximum Gasteiger partial charge on any atom is 0.162 e. The van der Waals surface area contributed by atoms with E-state index in [0.717, 1.165) is 22.6 Å². The molecule has 0 atom stereocenters. The number of nitrogens with zero attached hydrogens (tertiary/aromatic N) is 1. The number of thioether (sulfide) groups is 1. The number of carbonyl (C=O) groups is 1. The third-order valence-electron chi connectivity index (χ3n) is 3.14. The molecule has 2 nitrogen and oxygen atoms in total. The molecule has 0 amide bonds. The van der Waals surface area contributed by atoms with Gasteiger partial charge in [-0.15, -0.1) is 11.8 Å². The zero-order chi connectivity index (χ0) is 15.1. The average molecular weight is 295 g/mol. The quantitative estimate of drug-likeness (QED) is 0.566. The normalized spacial score (nSPS) is 10.1. The summed E-state index contributed by atoms with van der Waals surface area (Å²) in [4.78, 5) is 12.9. The fraction of sp³-hybridized carbons (Fsp3) is 0.222. The molecule has 3 heteroatoms. The lowest BCUT2D eigenvalue weighted by molar-refractivity contribution is 0.0981. The predicted octanol–water partition coefficient (Wildman–Crippen LogP) is 4.83. The lowest BCUT2D eigenvalue weighted by atomic mass is 10.1. The highest BCUT2D eigenvalue weighted by atomic mass is 32.2. The van der Waals surface area contributed by atoms with Crippen molar-refractivity contribution in [2.75, 3.05) is 0 Å². The van der Waals surface area contributed by atoms with Gasteiger partial charge >= 0.3 is 0 Å². The molecule has 0 aromatic heterocycles. The van der Waals surface area contributed by atoms with Crippen molar-refractivity contribution in [3.05, 3.63) is 65.2 Å². The minimum Gasteiger partial charge on any atom is -0.294 e. The molecule has 2 aromatic rings. The van der Waals surface area contributed by atoms with E-state index in [2.05, 4.69) is 6.07 Å². The van der Waals surface area contributed by atoms with E-state index in [-0.39, 0.29) is 5.78 Å². The van der Waals surface area contributed by atoms with E-state index in [4.69, 9.17) is 5.26 Å². The molecule has 0 aliphatic heterocycles. The van der Waals surface area contributed by atoms with Crippen LogP contribution in [0.5, 0.6) is 0 Å². The molecule has 0 heterocycles. The van der Waals surface area contributed by atoms with Gasteiger partial charge in [-0.05, 0) is 36.2 Å². The molecule has 21 heavy (non-hydrogen) atoms. The Kier molecular flexibility index (Phi) is 5.59. The van der Waals surface area contributed by atoms with E-state index >= 15 is 0 Å². The standard InChI is InChI=1S/C18H17NOS/c1-2-3-18(20)16-8-10-17(11-9-16)21-13-15-6-4-14(12-19)5-7-15/h4-11H,2-3,13H2,1H3. The van der Waals surface area contributed by atoms with Crippen molar-refractivity contribution >= 4 is 17.5 Å². The van der Waals surface area contributed by atoms with Gasteiger partial charge in [-0.1, -0.05) is 31.2 Å². The Morgan fingerprint density at radius 2 is 1.76 bits per heavy atom. The molecule has 0 radical (unpaired) electrons. The molecule has 0 saturated heterocycles. The molecule has 0 spiro atoms. The van der Waals surface area contributed by atoms with E-state index in [1.54, 1.807) is 11.8 Å². The van der Waals surface area contributed by atoms with Crippen molar-refractivity contribution in [3.63, 3.8) is 0 Å². The minimum absolute atomic E-state index is 0.209. The fourth-order valence-electron chi connectivity index (χ4n) is 1.95. The van der Waals surface area contributed by atoms with Crippen molar-refractivity contribution in [3.8, 4) is 6.07 Å². The second kappa shape index (κ2) is 7.66. The second-order valence-electron chi connectivity index (χ2n) is 4.79. The number of ketones is 1. The summed E-state index contributed by atoms with van der Waals surface area (Å²) in [6.07, 6.45) is 1.49. The van der Waals surface area contributed by atoms with Gasteiger partial charge in [-0.2, -0.15) is 5.26 Å². The van der Waals surface area contributed by atoms with Crippen LogP contribution in [0.2, 0.25) is 0 Å². The molecule has 0 bridgehead atoms. The third kappa shape index (κ3) is 4.47. The Labute approximate surface area is 129 Å². The van der Waals surface area contributed by atoms with E-state index < -0.39 is 0 Å². The Balaban J connectivity index is 1.94. The molecular formula is C18H17NOS. The maximum absolute atomic E-state index is 11.8. The largest absolute Gasteiger partial charge is 0.294 e. The van der Waals surface area contributed by atoms with Gasteiger partial charge in [0.1, 0.15) is 0 Å². The lowest BCUT2D eigenvalue weighted by Crippen LogP contribution is -1.97. The summed E-state index contributed by atoms with van der Waals surface area (Å²) in [6, 6.07) is 17.5. The Hall–Kier alpha value is -2.05. The van der Waals surface area contributed by atoms with Crippen LogP contribution >= 0.6 is 11.8 Å². The smallest absolute Gasteiger partial charge is 0.162 e. The Morgan fingerprint density at radius 1 is 1.10 bits per heavy atom. The average Bonchev–Trinajstić information content (AvgIpc) is 2.54. The van der Waals surface area contributed by atoms with Gasteiger partial charge in [0, 0.05) is 22.6 Å². The first-order chi connectivity index (χ1) is 10.2. The Morgan fingerprint density at radius 3 is 2.33 bits per heavy atom. The van der Waals surface area contributed by atoms with Crippen LogP contribution in [-0.4, -0.2) is 5.78 Å². The number of carbonyl (C=O) groups excluding carboxylic acids is 1. The summed E-state index contributed by atoms with van der Waals surface area (Å²) in [7, 11) is 0. The number of rotatable bonds is 6. The second-order valence-corrected chi connectivity index (χ2v) is 5.84. The van der Waals surface area contributed by atoms with Crippen molar-refractivity contribution in [1.82, 2.24) is 0 Å². The van der Waals surface area contributed by atoms with Gasteiger partial charge in [-0.3, -0.25) is 4.79 Å². The van der Waals surface area contributed by atoms with Crippen LogP contribution in [-0.2, 0) is 5.75 Å². The van der Waals surface area contributed by atoms with Gasteiger partial charge in [0.2, 0.25) is 0 Å². The molecule has 2 aromatic carbocycles. The van der Waals surface area contributed by atoms with E-state index in [1.165, 1.54) is 5.56 Å². The summed E-state index contributed by atoms with van der Waals surface area (Å²) in [5.41, 5.74) is 2.66.